The van der Waals surface area contributed by atoms with Crippen LogP contribution in [0.25, 0.3) is 0 Å². The first-order valence-electron chi connectivity index (χ1n) is 8.59. The van der Waals surface area contributed by atoms with E-state index in [-0.39, 0.29) is 5.28 Å². The number of rotatable bonds is 5. The van der Waals surface area contributed by atoms with Crippen LogP contribution in [0.2, 0.25) is 5.28 Å². The molecule has 0 saturated carbocycles. The number of aromatic nitrogens is 2. The molecule has 24 heavy (non-hydrogen) atoms. The van der Waals surface area contributed by atoms with Crippen LogP contribution in [0.3, 0.4) is 0 Å². The van der Waals surface area contributed by atoms with Crippen molar-refractivity contribution < 1.29 is 9.59 Å². The van der Waals surface area contributed by atoms with E-state index in [1.807, 2.05) is 11.0 Å². The van der Waals surface area contributed by atoms with Crippen molar-refractivity contribution in [2.45, 2.75) is 44.9 Å². The van der Waals surface area contributed by atoms with Gasteiger partial charge in [-0.25, -0.2) is 9.97 Å². The van der Waals surface area contributed by atoms with Crippen molar-refractivity contribution in [2.75, 3.05) is 26.2 Å². The summed E-state index contributed by atoms with van der Waals surface area (Å²) in [5.74, 6) is 0.690. The van der Waals surface area contributed by atoms with Crippen molar-refractivity contribution in [3.8, 4) is 0 Å². The fourth-order valence-electron chi connectivity index (χ4n) is 2.81. The van der Waals surface area contributed by atoms with Crippen molar-refractivity contribution in [2.24, 2.45) is 0 Å². The van der Waals surface area contributed by atoms with Crippen LogP contribution in [0.5, 0.6) is 0 Å². The molecule has 7 heteroatoms. The van der Waals surface area contributed by atoms with E-state index in [4.69, 9.17) is 11.6 Å². The Hall–Kier alpha value is -1.69. The Kier molecular flexibility index (Phi) is 7.43. The van der Waals surface area contributed by atoms with Gasteiger partial charge in [0.2, 0.25) is 17.6 Å². The summed E-state index contributed by atoms with van der Waals surface area (Å²) < 4.78 is 0. The molecule has 2 fully saturated rings. The summed E-state index contributed by atoms with van der Waals surface area (Å²) in [5, 5.41) is 0.266. The zero-order valence-corrected chi connectivity index (χ0v) is 14.9. The summed E-state index contributed by atoms with van der Waals surface area (Å²) in [4.78, 5) is 33.2. The average Bonchev–Trinajstić information content (AvgIpc) is 3.07. The van der Waals surface area contributed by atoms with Crippen molar-refractivity contribution in [1.82, 2.24) is 19.8 Å². The molecule has 0 aliphatic carbocycles. The molecule has 3 heterocycles. The highest BCUT2D eigenvalue weighted by Gasteiger charge is 2.27. The Balaban J connectivity index is 0.000000177. The van der Waals surface area contributed by atoms with Crippen LogP contribution in [0.15, 0.2) is 12.3 Å². The monoisotopic (exact) mass is 352 g/mol. The van der Waals surface area contributed by atoms with Crippen molar-refractivity contribution in [3.05, 3.63) is 23.2 Å². The predicted octanol–water partition coefficient (Wildman–Crippen LogP) is 2.48. The molecule has 132 valence electrons. The van der Waals surface area contributed by atoms with Gasteiger partial charge in [-0.05, 0) is 36.9 Å². The van der Waals surface area contributed by atoms with Gasteiger partial charge in [0.15, 0.2) is 0 Å². The molecule has 2 amide bonds. The maximum Gasteiger partial charge on any atom is 0.222 e. The largest absolute Gasteiger partial charge is 0.344 e. The molecule has 2 aliphatic rings. The second kappa shape index (κ2) is 9.57. The van der Waals surface area contributed by atoms with E-state index in [9.17, 15) is 9.59 Å². The highest BCUT2D eigenvalue weighted by Crippen LogP contribution is 2.24. The van der Waals surface area contributed by atoms with E-state index in [1.165, 1.54) is 12.8 Å². The number of halogens is 1. The van der Waals surface area contributed by atoms with Gasteiger partial charge < -0.3 is 9.80 Å². The molecule has 3 rings (SSSR count). The number of nitrogens with zero attached hydrogens (tertiary/aromatic N) is 4. The smallest absolute Gasteiger partial charge is 0.222 e. The molecule has 2 saturated heterocycles. The van der Waals surface area contributed by atoms with Crippen LogP contribution in [0, 0.1) is 0 Å². The molecule has 0 spiro atoms. The fourth-order valence-corrected chi connectivity index (χ4v) is 2.97. The van der Waals surface area contributed by atoms with Crippen LogP contribution >= 0.6 is 11.6 Å². The molecule has 0 unspecified atom stereocenters. The van der Waals surface area contributed by atoms with Crippen molar-refractivity contribution >= 4 is 23.9 Å². The molecular formula is C17H25ClN4O2. The van der Waals surface area contributed by atoms with Crippen LogP contribution < -0.4 is 0 Å². The summed E-state index contributed by atoms with van der Waals surface area (Å²) >= 11 is 5.63. The van der Waals surface area contributed by atoms with E-state index < -0.39 is 0 Å². The Morgan fingerprint density at radius 2 is 2.08 bits per heavy atom. The van der Waals surface area contributed by atoms with Gasteiger partial charge in [-0.1, -0.05) is 13.3 Å². The SMILES string of the molecule is CCCCC(=O)N1CCCC1.O=CN1CC(c2ccnc(Cl)n2)C1. The topological polar surface area (TPSA) is 66.4 Å². The van der Waals surface area contributed by atoms with Gasteiger partial charge in [0.05, 0.1) is 5.69 Å². The summed E-state index contributed by atoms with van der Waals surface area (Å²) in [6.45, 7) is 5.59. The first-order valence-corrected chi connectivity index (χ1v) is 8.97. The van der Waals surface area contributed by atoms with Gasteiger partial charge in [0, 0.05) is 44.7 Å². The van der Waals surface area contributed by atoms with E-state index in [1.54, 1.807) is 11.1 Å². The first-order chi connectivity index (χ1) is 11.6. The van der Waals surface area contributed by atoms with Gasteiger partial charge in [-0.15, -0.1) is 0 Å². The first kappa shape index (κ1) is 18.6. The maximum atomic E-state index is 11.3. The minimum Gasteiger partial charge on any atom is -0.344 e. The maximum absolute atomic E-state index is 11.3. The summed E-state index contributed by atoms with van der Waals surface area (Å²) in [7, 11) is 0. The van der Waals surface area contributed by atoms with Crippen LogP contribution in [-0.4, -0.2) is 58.3 Å². The molecular weight excluding hydrogens is 328 g/mol. The standard InChI is InChI=1S/C9H17NO.C8H8ClN3O/c1-2-3-6-9(11)10-7-4-5-8-10;9-8-10-2-1-7(11-8)6-3-12(4-6)5-13/h2-8H2,1H3;1-2,5-6H,3-4H2. The normalized spacial score (nSPS) is 17.1. The lowest BCUT2D eigenvalue weighted by Gasteiger charge is -2.35. The molecule has 0 aromatic carbocycles. The number of likely N-dealkylation sites (tertiary alicyclic amines) is 2. The molecule has 1 aromatic heterocycles. The predicted molar refractivity (Wildman–Crippen MR) is 92.8 cm³/mol. The Morgan fingerprint density at radius 1 is 1.38 bits per heavy atom. The Morgan fingerprint density at radius 3 is 2.67 bits per heavy atom. The molecule has 0 N–H and O–H groups in total. The van der Waals surface area contributed by atoms with E-state index in [0.29, 0.717) is 11.8 Å². The van der Waals surface area contributed by atoms with Gasteiger partial charge in [0.25, 0.3) is 0 Å². The second-order valence-electron chi connectivity index (χ2n) is 6.20. The Labute approximate surface area is 148 Å². The number of unbranched alkanes of at least 4 members (excludes halogenated alkanes) is 1. The molecule has 1 aromatic rings. The van der Waals surface area contributed by atoms with Crippen LogP contribution in [0.4, 0.5) is 0 Å². The zero-order chi connectivity index (χ0) is 17.4. The minimum absolute atomic E-state index is 0.266. The number of hydrogen-bond donors (Lipinski definition) is 0. The lowest BCUT2D eigenvalue weighted by molar-refractivity contribution is -0.130. The fraction of sp³-hybridized carbons (Fsp3) is 0.647. The lowest BCUT2D eigenvalue weighted by Crippen LogP contribution is -2.44. The van der Waals surface area contributed by atoms with Crippen molar-refractivity contribution in [3.63, 3.8) is 0 Å². The van der Waals surface area contributed by atoms with E-state index in [2.05, 4.69) is 16.9 Å². The number of carbonyl (C=O) groups is 2. The van der Waals surface area contributed by atoms with E-state index in [0.717, 1.165) is 57.5 Å². The number of carbonyl (C=O) groups excluding carboxylic acids is 2. The molecule has 6 nitrogen and oxygen atoms in total. The van der Waals surface area contributed by atoms with Crippen LogP contribution in [0.1, 0.15) is 50.6 Å². The van der Waals surface area contributed by atoms with Gasteiger partial charge in [0.1, 0.15) is 0 Å². The molecule has 2 aliphatic heterocycles. The molecule has 0 atom stereocenters. The van der Waals surface area contributed by atoms with E-state index >= 15 is 0 Å². The highest BCUT2D eigenvalue weighted by atomic mass is 35.5. The Bertz CT molecular complexity index is 543. The minimum atomic E-state index is 0.266. The van der Waals surface area contributed by atoms with Crippen LogP contribution in [-0.2, 0) is 9.59 Å². The van der Waals surface area contributed by atoms with Gasteiger partial charge in [-0.2, -0.15) is 0 Å². The third-order valence-corrected chi connectivity index (χ3v) is 4.51. The average molecular weight is 353 g/mol. The molecule has 0 radical (unpaired) electrons. The van der Waals surface area contributed by atoms with Crippen molar-refractivity contribution in [1.29, 1.82) is 0 Å². The third-order valence-electron chi connectivity index (χ3n) is 4.33. The third kappa shape index (κ3) is 5.44. The lowest BCUT2D eigenvalue weighted by atomic mass is 9.97. The zero-order valence-electron chi connectivity index (χ0n) is 14.2. The second-order valence-corrected chi connectivity index (χ2v) is 6.54. The quantitative estimate of drug-likeness (QED) is 0.603. The number of hydrogen-bond acceptors (Lipinski definition) is 4. The summed E-state index contributed by atoms with van der Waals surface area (Å²) in [5.41, 5.74) is 0.915. The van der Waals surface area contributed by atoms with Gasteiger partial charge in [-0.3, -0.25) is 9.59 Å². The summed E-state index contributed by atoms with van der Waals surface area (Å²) in [6, 6.07) is 1.83. The van der Waals surface area contributed by atoms with Gasteiger partial charge >= 0.3 is 0 Å². The summed E-state index contributed by atoms with van der Waals surface area (Å²) in [6.07, 6.45) is 7.83. The molecule has 0 bridgehead atoms. The number of amides is 2. The highest BCUT2D eigenvalue weighted by molar-refractivity contribution is 6.28.